The molecule has 0 amide bonds. The number of aliphatic hydroxyl groups is 1. The Hall–Kier alpha value is -0.330. The standard InChI is InChI=1S/C12H17Cl2NO3S/c1-8-7-10(13)9(2)12(11(8)14)19(17,18)15-5-3-4-6-16/h7,15-16H,3-6H2,1-2H3. The second-order valence-corrected chi connectivity index (χ2v) is 6.76. The highest BCUT2D eigenvalue weighted by Crippen LogP contribution is 2.33. The summed E-state index contributed by atoms with van der Waals surface area (Å²) in [7, 11) is -3.70. The molecular formula is C12H17Cl2NO3S. The van der Waals surface area contributed by atoms with Gasteiger partial charge in [-0.15, -0.1) is 0 Å². The van der Waals surface area contributed by atoms with E-state index in [9.17, 15) is 8.42 Å². The summed E-state index contributed by atoms with van der Waals surface area (Å²) in [6.07, 6.45) is 1.11. The lowest BCUT2D eigenvalue weighted by Crippen LogP contribution is -2.26. The number of unbranched alkanes of at least 4 members (excludes halogenated alkanes) is 1. The molecule has 1 rings (SSSR count). The van der Waals surface area contributed by atoms with Gasteiger partial charge in [0.15, 0.2) is 0 Å². The topological polar surface area (TPSA) is 66.4 Å². The molecule has 1 aromatic rings. The molecule has 4 nitrogen and oxygen atoms in total. The van der Waals surface area contributed by atoms with Gasteiger partial charge in [0, 0.05) is 18.2 Å². The average Bonchev–Trinajstić information content (AvgIpc) is 2.32. The summed E-state index contributed by atoms with van der Waals surface area (Å²) in [4.78, 5) is 0.0307. The molecule has 1 aromatic carbocycles. The molecule has 0 bridgehead atoms. The molecule has 0 aromatic heterocycles. The van der Waals surface area contributed by atoms with Crippen LogP contribution in [0, 0.1) is 13.8 Å². The number of hydrogen-bond acceptors (Lipinski definition) is 3. The van der Waals surface area contributed by atoms with Crippen molar-refractivity contribution in [2.45, 2.75) is 31.6 Å². The Bertz CT molecular complexity index is 532. The van der Waals surface area contributed by atoms with E-state index in [1.807, 2.05) is 0 Å². The Morgan fingerprint density at radius 2 is 1.89 bits per heavy atom. The average molecular weight is 326 g/mol. The predicted molar refractivity (Wildman–Crippen MR) is 77.4 cm³/mol. The van der Waals surface area contributed by atoms with Crippen molar-refractivity contribution < 1.29 is 13.5 Å². The van der Waals surface area contributed by atoms with E-state index >= 15 is 0 Å². The zero-order chi connectivity index (χ0) is 14.6. The van der Waals surface area contributed by atoms with Crippen LogP contribution in [-0.4, -0.2) is 26.7 Å². The molecule has 0 aliphatic carbocycles. The summed E-state index contributed by atoms with van der Waals surface area (Å²) < 4.78 is 26.9. The van der Waals surface area contributed by atoms with Crippen LogP contribution in [0.1, 0.15) is 24.0 Å². The van der Waals surface area contributed by atoms with Gasteiger partial charge in [0.1, 0.15) is 4.90 Å². The normalized spacial score (nSPS) is 11.8. The third kappa shape index (κ3) is 4.07. The Labute approximate surface area is 123 Å². The highest BCUT2D eigenvalue weighted by Gasteiger charge is 2.23. The van der Waals surface area contributed by atoms with E-state index < -0.39 is 10.0 Å². The maximum Gasteiger partial charge on any atom is 0.242 e. The zero-order valence-corrected chi connectivity index (χ0v) is 13.2. The highest BCUT2D eigenvalue weighted by atomic mass is 35.5. The van der Waals surface area contributed by atoms with Crippen molar-refractivity contribution in [1.29, 1.82) is 0 Å². The largest absolute Gasteiger partial charge is 0.396 e. The van der Waals surface area contributed by atoms with Gasteiger partial charge in [0.05, 0.1) is 5.02 Å². The third-order valence-corrected chi connectivity index (χ3v) is 5.36. The minimum Gasteiger partial charge on any atom is -0.396 e. The van der Waals surface area contributed by atoms with Crippen LogP contribution >= 0.6 is 23.2 Å². The fraction of sp³-hybridized carbons (Fsp3) is 0.500. The summed E-state index contributed by atoms with van der Waals surface area (Å²) in [6, 6.07) is 1.64. The lowest BCUT2D eigenvalue weighted by molar-refractivity contribution is 0.285. The maximum atomic E-state index is 12.2. The molecule has 0 aliphatic rings. The number of hydrogen-bond donors (Lipinski definition) is 2. The Morgan fingerprint density at radius 1 is 1.26 bits per heavy atom. The zero-order valence-electron chi connectivity index (χ0n) is 10.8. The molecule has 0 radical (unpaired) electrons. The van der Waals surface area contributed by atoms with E-state index in [4.69, 9.17) is 28.3 Å². The predicted octanol–water partition coefficient (Wildman–Crippen LogP) is 2.66. The molecule has 2 N–H and O–H groups in total. The molecule has 0 heterocycles. The first-order valence-corrected chi connectivity index (χ1v) is 8.11. The smallest absolute Gasteiger partial charge is 0.242 e. The Kier molecular flexibility index (Phi) is 6.08. The second-order valence-electron chi connectivity index (χ2n) is 4.27. The van der Waals surface area contributed by atoms with Gasteiger partial charge in [0.2, 0.25) is 10.0 Å². The second kappa shape index (κ2) is 6.90. The Morgan fingerprint density at radius 3 is 2.47 bits per heavy atom. The first-order chi connectivity index (χ1) is 8.81. The van der Waals surface area contributed by atoms with Crippen LogP contribution in [0.4, 0.5) is 0 Å². The van der Waals surface area contributed by atoms with Gasteiger partial charge in [-0.3, -0.25) is 0 Å². The van der Waals surface area contributed by atoms with Gasteiger partial charge in [-0.2, -0.15) is 0 Å². The fourth-order valence-electron chi connectivity index (χ4n) is 1.65. The molecule has 0 saturated carbocycles. The third-order valence-electron chi connectivity index (χ3n) is 2.73. The molecule has 0 fully saturated rings. The van der Waals surface area contributed by atoms with Crippen LogP contribution < -0.4 is 4.72 Å². The summed E-state index contributed by atoms with van der Waals surface area (Å²) in [5, 5.41) is 9.22. The van der Waals surface area contributed by atoms with Crippen molar-refractivity contribution in [2.75, 3.05) is 13.2 Å². The van der Waals surface area contributed by atoms with Gasteiger partial charge >= 0.3 is 0 Å². The molecular weight excluding hydrogens is 309 g/mol. The van der Waals surface area contributed by atoms with Crippen molar-refractivity contribution in [3.05, 3.63) is 27.2 Å². The van der Waals surface area contributed by atoms with E-state index in [-0.39, 0.29) is 23.1 Å². The van der Waals surface area contributed by atoms with Crippen LogP contribution in [0.5, 0.6) is 0 Å². The van der Waals surface area contributed by atoms with Gasteiger partial charge in [0.25, 0.3) is 0 Å². The van der Waals surface area contributed by atoms with Crippen molar-refractivity contribution in [1.82, 2.24) is 4.72 Å². The van der Waals surface area contributed by atoms with Gasteiger partial charge < -0.3 is 5.11 Å². The Balaban J connectivity index is 3.08. The molecule has 0 unspecified atom stereocenters. The van der Waals surface area contributed by atoms with E-state index in [1.54, 1.807) is 19.9 Å². The summed E-state index contributed by atoms with van der Waals surface area (Å²) in [5.41, 5.74) is 1.06. The molecule has 108 valence electrons. The molecule has 19 heavy (non-hydrogen) atoms. The number of nitrogens with one attached hydrogen (secondary N) is 1. The van der Waals surface area contributed by atoms with Crippen molar-refractivity contribution >= 4 is 33.2 Å². The maximum absolute atomic E-state index is 12.2. The fourth-order valence-corrected chi connectivity index (χ4v) is 3.93. The van der Waals surface area contributed by atoms with Gasteiger partial charge in [-0.25, -0.2) is 13.1 Å². The van der Waals surface area contributed by atoms with Crippen LogP contribution in [0.15, 0.2) is 11.0 Å². The van der Waals surface area contributed by atoms with Gasteiger partial charge in [-0.1, -0.05) is 23.2 Å². The van der Waals surface area contributed by atoms with E-state index in [0.717, 1.165) is 0 Å². The number of halogens is 2. The first kappa shape index (κ1) is 16.7. The molecule has 7 heteroatoms. The van der Waals surface area contributed by atoms with Crippen molar-refractivity contribution in [2.24, 2.45) is 0 Å². The highest BCUT2D eigenvalue weighted by molar-refractivity contribution is 7.89. The van der Waals surface area contributed by atoms with Crippen LogP contribution in [0.2, 0.25) is 10.0 Å². The van der Waals surface area contributed by atoms with Crippen LogP contribution in [-0.2, 0) is 10.0 Å². The minimum atomic E-state index is -3.70. The summed E-state index contributed by atoms with van der Waals surface area (Å²) in [5.74, 6) is 0. The lowest BCUT2D eigenvalue weighted by Gasteiger charge is -2.14. The number of sulfonamides is 1. The molecule has 0 saturated heterocycles. The van der Waals surface area contributed by atoms with Crippen molar-refractivity contribution in [3.63, 3.8) is 0 Å². The monoisotopic (exact) mass is 325 g/mol. The SMILES string of the molecule is Cc1cc(Cl)c(C)c(S(=O)(=O)NCCCCO)c1Cl. The van der Waals surface area contributed by atoms with Crippen molar-refractivity contribution in [3.8, 4) is 0 Å². The summed E-state index contributed by atoms with van der Waals surface area (Å²) in [6.45, 7) is 3.62. The number of rotatable bonds is 6. The number of benzene rings is 1. The van der Waals surface area contributed by atoms with Crippen LogP contribution in [0.3, 0.4) is 0 Å². The minimum absolute atomic E-state index is 0.0307. The first-order valence-electron chi connectivity index (χ1n) is 5.87. The van der Waals surface area contributed by atoms with Crippen LogP contribution in [0.25, 0.3) is 0 Å². The van der Waals surface area contributed by atoms with E-state index in [0.29, 0.717) is 29.0 Å². The van der Waals surface area contributed by atoms with E-state index in [2.05, 4.69) is 4.72 Å². The molecule has 0 aliphatic heterocycles. The van der Waals surface area contributed by atoms with Gasteiger partial charge in [-0.05, 0) is 43.9 Å². The molecule has 0 spiro atoms. The summed E-state index contributed by atoms with van der Waals surface area (Å²) >= 11 is 12.1. The number of aliphatic hydroxyl groups excluding tert-OH is 1. The number of aryl methyl sites for hydroxylation is 1. The van der Waals surface area contributed by atoms with E-state index in [1.165, 1.54) is 0 Å². The lowest BCUT2D eigenvalue weighted by atomic mass is 10.2. The molecule has 0 atom stereocenters. The quantitative estimate of drug-likeness (QED) is 0.790.